The highest BCUT2D eigenvalue weighted by molar-refractivity contribution is 5.91. The zero-order valence-corrected chi connectivity index (χ0v) is 9.02. The summed E-state index contributed by atoms with van der Waals surface area (Å²) in [5, 5.41) is 2.35. The number of ether oxygens (including phenoxy) is 2. The fourth-order valence-corrected chi connectivity index (χ4v) is 0.996. The van der Waals surface area contributed by atoms with Crippen molar-refractivity contribution in [2.75, 3.05) is 19.0 Å². The van der Waals surface area contributed by atoms with E-state index in [1.165, 1.54) is 25.4 Å². The molecule has 0 unspecified atom stereocenters. The van der Waals surface area contributed by atoms with Crippen LogP contribution in [0.1, 0.15) is 17.3 Å². The van der Waals surface area contributed by atoms with Crippen molar-refractivity contribution in [2.45, 2.75) is 6.92 Å². The van der Waals surface area contributed by atoms with E-state index in [1.54, 1.807) is 6.92 Å². The summed E-state index contributed by atoms with van der Waals surface area (Å²) in [4.78, 5) is 26.1. The number of carbonyl (C=O) groups is 2. The van der Waals surface area contributed by atoms with Crippen LogP contribution in [0, 0.1) is 0 Å². The molecule has 0 radical (unpaired) electrons. The van der Waals surface area contributed by atoms with Crippen molar-refractivity contribution in [3.05, 3.63) is 23.9 Å². The number of nitrogens with zero attached hydrogens (tertiary/aromatic N) is 1. The van der Waals surface area contributed by atoms with Crippen molar-refractivity contribution < 1.29 is 19.1 Å². The lowest BCUT2D eigenvalue weighted by atomic mass is 10.2. The molecular weight excluding hydrogens is 212 g/mol. The van der Waals surface area contributed by atoms with Crippen molar-refractivity contribution in [2.24, 2.45) is 0 Å². The summed E-state index contributed by atoms with van der Waals surface area (Å²) in [5.41, 5.74) is 0.322. The molecule has 1 N–H and O–H groups in total. The van der Waals surface area contributed by atoms with Gasteiger partial charge >= 0.3 is 12.1 Å². The van der Waals surface area contributed by atoms with E-state index in [4.69, 9.17) is 4.74 Å². The Balaban J connectivity index is 2.78. The predicted molar refractivity (Wildman–Crippen MR) is 56.2 cm³/mol. The van der Waals surface area contributed by atoms with Gasteiger partial charge in [-0.15, -0.1) is 0 Å². The summed E-state index contributed by atoms with van der Waals surface area (Å²) in [6.07, 6.45) is 0.755. The number of hydrogen-bond acceptors (Lipinski definition) is 5. The molecule has 0 aliphatic rings. The number of hydrogen-bond donors (Lipinski definition) is 1. The first kappa shape index (κ1) is 12.0. The minimum Gasteiger partial charge on any atom is -0.462 e. The van der Waals surface area contributed by atoms with Crippen molar-refractivity contribution >= 4 is 17.9 Å². The SMILES string of the molecule is CCOC(=O)c1ccnc(NC(=O)OC)c1. The summed E-state index contributed by atoms with van der Waals surface area (Å²) < 4.78 is 9.20. The van der Waals surface area contributed by atoms with E-state index in [2.05, 4.69) is 15.0 Å². The van der Waals surface area contributed by atoms with Crippen LogP contribution in [-0.4, -0.2) is 30.8 Å². The zero-order chi connectivity index (χ0) is 12.0. The number of aromatic nitrogens is 1. The second-order valence-electron chi connectivity index (χ2n) is 2.77. The van der Waals surface area contributed by atoms with Gasteiger partial charge in [0, 0.05) is 6.20 Å². The molecule has 1 amide bonds. The lowest BCUT2D eigenvalue weighted by Gasteiger charge is -2.04. The minimum atomic E-state index is -0.645. The van der Waals surface area contributed by atoms with Gasteiger partial charge in [-0.2, -0.15) is 0 Å². The highest BCUT2D eigenvalue weighted by Gasteiger charge is 2.08. The van der Waals surface area contributed by atoms with Gasteiger partial charge in [-0.25, -0.2) is 14.6 Å². The quantitative estimate of drug-likeness (QED) is 0.786. The molecule has 0 bridgehead atoms. The maximum absolute atomic E-state index is 11.4. The molecule has 0 aliphatic heterocycles. The van der Waals surface area contributed by atoms with Gasteiger partial charge < -0.3 is 9.47 Å². The monoisotopic (exact) mass is 224 g/mol. The van der Waals surface area contributed by atoms with Crippen LogP contribution in [-0.2, 0) is 9.47 Å². The Labute approximate surface area is 92.6 Å². The van der Waals surface area contributed by atoms with Gasteiger partial charge in [0.05, 0.1) is 19.3 Å². The van der Waals surface area contributed by atoms with E-state index in [-0.39, 0.29) is 5.82 Å². The van der Waals surface area contributed by atoms with Crippen LogP contribution in [0.25, 0.3) is 0 Å². The van der Waals surface area contributed by atoms with E-state index in [1.807, 2.05) is 0 Å². The van der Waals surface area contributed by atoms with Crippen LogP contribution < -0.4 is 5.32 Å². The molecule has 0 aromatic carbocycles. The van der Waals surface area contributed by atoms with Crippen LogP contribution in [0.15, 0.2) is 18.3 Å². The van der Waals surface area contributed by atoms with Crippen molar-refractivity contribution in [1.29, 1.82) is 0 Å². The Hall–Kier alpha value is -2.11. The third-order valence-corrected chi connectivity index (χ3v) is 1.69. The van der Waals surface area contributed by atoms with Crippen molar-refractivity contribution in [3.8, 4) is 0 Å². The van der Waals surface area contributed by atoms with Gasteiger partial charge in [-0.3, -0.25) is 5.32 Å². The Bertz CT molecular complexity index is 392. The summed E-state index contributed by atoms with van der Waals surface area (Å²) in [7, 11) is 1.24. The molecule has 16 heavy (non-hydrogen) atoms. The number of amides is 1. The molecule has 0 atom stereocenters. The molecule has 6 heteroatoms. The number of pyridine rings is 1. The average Bonchev–Trinajstić information content (AvgIpc) is 2.29. The first-order valence-corrected chi connectivity index (χ1v) is 4.65. The summed E-state index contributed by atoms with van der Waals surface area (Å²) in [6, 6.07) is 2.91. The lowest BCUT2D eigenvalue weighted by molar-refractivity contribution is 0.0526. The molecule has 1 aromatic rings. The van der Waals surface area contributed by atoms with E-state index < -0.39 is 12.1 Å². The number of nitrogens with one attached hydrogen (secondary N) is 1. The molecule has 86 valence electrons. The third-order valence-electron chi connectivity index (χ3n) is 1.69. The third kappa shape index (κ3) is 3.23. The van der Waals surface area contributed by atoms with Crippen molar-refractivity contribution in [1.82, 2.24) is 4.98 Å². The van der Waals surface area contributed by atoms with Gasteiger partial charge in [0.15, 0.2) is 0 Å². The maximum atomic E-state index is 11.4. The number of methoxy groups -OCH3 is 1. The smallest absolute Gasteiger partial charge is 0.412 e. The molecule has 0 aliphatic carbocycles. The summed E-state index contributed by atoms with van der Waals surface area (Å²) >= 11 is 0. The average molecular weight is 224 g/mol. The first-order chi connectivity index (χ1) is 7.67. The highest BCUT2D eigenvalue weighted by Crippen LogP contribution is 2.08. The van der Waals surface area contributed by atoms with Crippen molar-refractivity contribution in [3.63, 3.8) is 0 Å². The second-order valence-corrected chi connectivity index (χ2v) is 2.77. The Kier molecular flexibility index (Phi) is 4.26. The molecule has 0 saturated carbocycles. The van der Waals surface area contributed by atoms with Gasteiger partial charge in [0.25, 0.3) is 0 Å². The van der Waals surface area contributed by atoms with Gasteiger partial charge in [-0.1, -0.05) is 0 Å². The zero-order valence-electron chi connectivity index (χ0n) is 9.02. The van der Waals surface area contributed by atoms with Crippen LogP contribution in [0.3, 0.4) is 0 Å². The molecule has 1 rings (SSSR count). The molecule has 0 spiro atoms. The van der Waals surface area contributed by atoms with Gasteiger partial charge in [0.2, 0.25) is 0 Å². The molecular formula is C10H12N2O4. The van der Waals surface area contributed by atoms with Gasteiger partial charge in [-0.05, 0) is 19.1 Å². The van der Waals surface area contributed by atoms with E-state index >= 15 is 0 Å². The Morgan fingerprint density at radius 2 is 2.25 bits per heavy atom. The first-order valence-electron chi connectivity index (χ1n) is 4.65. The normalized spacial score (nSPS) is 9.38. The van der Waals surface area contributed by atoms with Crippen LogP contribution in [0.5, 0.6) is 0 Å². The largest absolute Gasteiger partial charge is 0.462 e. The van der Waals surface area contributed by atoms with Crippen LogP contribution >= 0.6 is 0 Å². The number of esters is 1. The summed E-state index contributed by atoms with van der Waals surface area (Å²) in [6.45, 7) is 2.01. The van der Waals surface area contributed by atoms with Gasteiger partial charge in [0.1, 0.15) is 5.82 Å². The molecule has 6 nitrogen and oxygen atoms in total. The topological polar surface area (TPSA) is 77.5 Å². The Morgan fingerprint density at radius 3 is 2.88 bits per heavy atom. The molecule has 1 aromatic heterocycles. The molecule has 0 saturated heterocycles. The minimum absolute atomic E-state index is 0.234. The van der Waals surface area contributed by atoms with E-state index in [0.717, 1.165) is 0 Å². The number of anilines is 1. The number of rotatable bonds is 3. The van der Waals surface area contributed by atoms with Crippen LogP contribution in [0.2, 0.25) is 0 Å². The van der Waals surface area contributed by atoms with Crippen LogP contribution in [0.4, 0.5) is 10.6 Å². The van der Waals surface area contributed by atoms with E-state index in [9.17, 15) is 9.59 Å². The second kappa shape index (κ2) is 5.69. The summed E-state index contributed by atoms with van der Waals surface area (Å²) in [5.74, 6) is -0.227. The van der Waals surface area contributed by atoms with E-state index in [0.29, 0.717) is 12.2 Å². The molecule has 0 fully saturated rings. The highest BCUT2D eigenvalue weighted by atomic mass is 16.5. The maximum Gasteiger partial charge on any atom is 0.412 e. The fourth-order valence-electron chi connectivity index (χ4n) is 0.996. The number of carbonyl (C=O) groups excluding carboxylic acids is 2. The molecule has 1 heterocycles. The fraction of sp³-hybridized carbons (Fsp3) is 0.300. The Morgan fingerprint density at radius 1 is 1.50 bits per heavy atom. The predicted octanol–water partition coefficient (Wildman–Crippen LogP) is 1.44. The lowest BCUT2D eigenvalue weighted by Crippen LogP contribution is -2.13. The standard InChI is InChI=1S/C10H12N2O4/c1-3-16-9(13)7-4-5-11-8(6-7)12-10(14)15-2/h4-6H,3H2,1-2H3,(H,11,12,14).